The monoisotopic (exact) mass is 349 g/mol. The van der Waals surface area contributed by atoms with E-state index in [9.17, 15) is 0 Å². The van der Waals surface area contributed by atoms with Gasteiger partial charge in [-0.25, -0.2) is 0 Å². The Morgan fingerprint density at radius 3 is 2.59 bits per heavy atom. The van der Waals surface area contributed by atoms with Crippen LogP contribution >= 0.6 is 0 Å². The first-order valence-electron chi connectivity index (χ1n) is 9.51. The molecule has 0 fully saturated rings. The minimum Gasteiger partial charge on any atom is -0.455 e. The van der Waals surface area contributed by atoms with E-state index in [4.69, 9.17) is 4.42 Å². The van der Waals surface area contributed by atoms with Crippen LogP contribution in [0.2, 0.25) is 0 Å². The van der Waals surface area contributed by atoms with Gasteiger partial charge in [-0.3, -0.25) is 0 Å². The Balaban J connectivity index is 1.77. The van der Waals surface area contributed by atoms with Gasteiger partial charge in [0.15, 0.2) is 0 Å². The molecular formula is C25H19NO. The standard InChI is InChI=1S/C25H19NO/c1-15-7-6-10-17-16(15)13-14-21-24(17)25-23(18-8-2-4-11-20(18)26-21)19-9-3-5-12-22(19)27-25/h2-12,26H,13-14H2,1H3. The molecule has 27 heavy (non-hydrogen) atoms. The van der Waals surface area contributed by atoms with Crippen molar-refractivity contribution in [2.45, 2.75) is 19.8 Å². The summed E-state index contributed by atoms with van der Waals surface area (Å²) in [7, 11) is 0. The van der Waals surface area contributed by atoms with Gasteiger partial charge < -0.3 is 9.73 Å². The number of hydrogen-bond acceptors (Lipinski definition) is 2. The third-order valence-electron chi connectivity index (χ3n) is 5.91. The summed E-state index contributed by atoms with van der Waals surface area (Å²) < 4.78 is 6.50. The summed E-state index contributed by atoms with van der Waals surface area (Å²) in [5.74, 6) is 0.996. The second-order valence-corrected chi connectivity index (χ2v) is 7.43. The van der Waals surface area contributed by atoms with E-state index in [0.29, 0.717) is 0 Å². The predicted molar refractivity (Wildman–Crippen MR) is 111 cm³/mol. The largest absolute Gasteiger partial charge is 0.455 e. The number of nitrogens with one attached hydrogen (secondary N) is 1. The number of anilines is 1. The first kappa shape index (κ1) is 14.9. The van der Waals surface area contributed by atoms with Gasteiger partial charge in [0.2, 0.25) is 0 Å². The Kier molecular flexibility index (Phi) is 2.96. The van der Waals surface area contributed by atoms with Crippen molar-refractivity contribution in [2.75, 3.05) is 5.32 Å². The minimum atomic E-state index is 0.950. The van der Waals surface area contributed by atoms with Crippen LogP contribution in [0, 0.1) is 6.92 Å². The van der Waals surface area contributed by atoms with Gasteiger partial charge in [0, 0.05) is 33.5 Å². The van der Waals surface area contributed by atoms with Crippen molar-refractivity contribution in [3.8, 4) is 11.1 Å². The molecule has 2 heteroatoms. The molecule has 0 spiro atoms. The fraction of sp³-hybridized carbons (Fsp3) is 0.120. The first-order valence-corrected chi connectivity index (χ1v) is 9.51. The number of allylic oxidation sites excluding steroid dienone is 1. The highest BCUT2D eigenvalue weighted by Crippen LogP contribution is 2.49. The predicted octanol–water partition coefficient (Wildman–Crippen LogP) is 6.54. The molecule has 0 saturated heterocycles. The van der Waals surface area contributed by atoms with Crippen LogP contribution in [0.3, 0.4) is 0 Å². The summed E-state index contributed by atoms with van der Waals surface area (Å²) in [6.07, 6.45) is 2.06. The highest BCUT2D eigenvalue weighted by Gasteiger charge is 2.31. The number of para-hydroxylation sites is 2. The van der Waals surface area contributed by atoms with E-state index in [-0.39, 0.29) is 0 Å². The SMILES string of the molecule is Cc1cccc2c1CCC1=C2c2oc3ccccc3c2-c2ccccc2N1. The summed E-state index contributed by atoms with van der Waals surface area (Å²) in [5.41, 5.74) is 11.1. The van der Waals surface area contributed by atoms with E-state index in [1.807, 2.05) is 6.07 Å². The molecule has 1 aliphatic heterocycles. The molecule has 1 aromatic heterocycles. The van der Waals surface area contributed by atoms with E-state index in [1.165, 1.54) is 44.5 Å². The summed E-state index contributed by atoms with van der Waals surface area (Å²) >= 11 is 0. The van der Waals surface area contributed by atoms with Gasteiger partial charge in [0.1, 0.15) is 11.3 Å². The van der Waals surface area contributed by atoms with Crippen LogP contribution in [0.5, 0.6) is 0 Å². The molecule has 6 rings (SSSR count). The Labute approximate surface area is 158 Å². The van der Waals surface area contributed by atoms with Crippen LogP contribution in [-0.4, -0.2) is 0 Å². The quantitative estimate of drug-likeness (QED) is 0.390. The van der Waals surface area contributed by atoms with E-state index < -0.39 is 0 Å². The lowest BCUT2D eigenvalue weighted by Gasteiger charge is -2.24. The van der Waals surface area contributed by atoms with E-state index in [0.717, 1.165) is 29.9 Å². The van der Waals surface area contributed by atoms with Gasteiger partial charge in [-0.05, 0) is 48.6 Å². The molecule has 2 nitrogen and oxygen atoms in total. The van der Waals surface area contributed by atoms with Crippen LogP contribution in [0.4, 0.5) is 5.69 Å². The molecule has 0 amide bonds. The third kappa shape index (κ3) is 2.01. The molecule has 3 aromatic carbocycles. The molecule has 2 aliphatic rings. The molecular weight excluding hydrogens is 330 g/mol. The first-order chi connectivity index (χ1) is 13.3. The van der Waals surface area contributed by atoms with Crippen molar-refractivity contribution in [2.24, 2.45) is 0 Å². The van der Waals surface area contributed by atoms with Crippen molar-refractivity contribution in [1.29, 1.82) is 0 Å². The third-order valence-corrected chi connectivity index (χ3v) is 5.91. The van der Waals surface area contributed by atoms with Crippen LogP contribution in [0.25, 0.3) is 27.7 Å². The number of furan rings is 1. The average Bonchev–Trinajstić information content (AvgIpc) is 3.00. The van der Waals surface area contributed by atoms with Gasteiger partial charge in [-0.15, -0.1) is 0 Å². The zero-order chi connectivity index (χ0) is 18.0. The zero-order valence-electron chi connectivity index (χ0n) is 15.2. The lowest BCUT2D eigenvalue weighted by molar-refractivity contribution is 0.600. The highest BCUT2D eigenvalue weighted by molar-refractivity contribution is 6.07. The highest BCUT2D eigenvalue weighted by atomic mass is 16.3. The van der Waals surface area contributed by atoms with Gasteiger partial charge in [-0.1, -0.05) is 54.6 Å². The number of aryl methyl sites for hydroxylation is 1. The number of benzene rings is 3. The van der Waals surface area contributed by atoms with E-state index >= 15 is 0 Å². The maximum absolute atomic E-state index is 6.50. The molecule has 0 atom stereocenters. The van der Waals surface area contributed by atoms with E-state index in [1.54, 1.807) is 0 Å². The zero-order valence-corrected chi connectivity index (χ0v) is 15.2. The molecule has 2 heterocycles. The molecule has 1 aliphatic carbocycles. The van der Waals surface area contributed by atoms with Gasteiger partial charge >= 0.3 is 0 Å². The lowest BCUT2D eigenvalue weighted by Crippen LogP contribution is -2.12. The Bertz CT molecular complexity index is 1260. The minimum absolute atomic E-state index is 0.950. The van der Waals surface area contributed by atoms with Crippen molar-refractivity contribution < 1.29 is 4.42 Å². The molecule has 0 bridgehead atoms. The van der Waals surface area contributed by atoms with Crippen molar-refractivity contribution >= 4 is 22.2 Å². The second-order valence-electron chi connectivity index (χ2n) is 7.43. The van der Waals surface area contributed by atoms with Crippen molar-refractivity contribution in [1.82, 2.24) is 0 Å². The van der Waals surface area contributed by atoms with E-state index in [2.05, 4.69) is 72.9 Å². The fourth-order valence-electron chi connectivity index (χ4n) is 4.65. The molecule has 4 aromatic rings. The van der Waals surface area contributed by atoms with Crippen LogP contribution in [0.15, 0.2) is 76.8 Å². The summed E-state index contributed by atoms with van der Waals surface area (Å²) in [4.78, 5) is 0. The van der Waals surface area contributed by atoms with Crippen LogP contribution in [-0.2, 0) is 6.42 Å². The maximum atomic E-state index is 6.50. The summed E-state index contributed by atoms with van der Waals surface area (Å²) in [6, 6.07) is 23.5. The Morgan fingerprint density at radius 2 is 1.63 bits per heavy atom. The molecule has 130 valence electrons. The van der Waals surface area contributed by atoms with Gasteiger partial charge in [-0.2, -0.15) is 0 Å². The molecule has 0 radical (unpaired) electrons. The summed E-state index contributed by atoms with van der Waals surface area (Å²) in [6.45, 7) is 2.21. The smallest absolute Gasteiger partial charge is 0.145 e. The normalized spacial score (nSPS) is 14.7. The van der Waals surface area contributed by atoms with Crippen molar-refractivity contribution in [3.05, 3.63) is 94.9 Å². The number of rotatable bonds is 0. The van der Waals surface area contributed by atoms with Crippen LogP contribution in [0.1, 0.15) is 28.9 Å². The Hall–Kier alpha value is -3.26. The molecule has 0 unspecified atom stereocenters. The van der Waals surface area contributed by atoms with Crippen molar-refractivity contribution in [3.63, 3.8) is 0 Å². The van der Waals surface area contributed by atoms with Gasteiger partial charge in [0.05, 0.1) is 0 Å². The Morgan fingerprint density at radius 1 is 0.815 bits per heavy atom. The topological polar surface area (TPSA) is 25.2 Å². The molecule has 0 saturated carbocycles. The summed E-state index contributed by atoms with van der Waals surface area (Å²) in [5, 5.41) is 4.92. The fourth-order valence-corrected chi connectivity index (χ4v) is 4.65. The number of fused-ring (bicyclic) bond motifs is 8. The maximum Gasteiger partial charge on any atom is 0.145 e. The van der Waals surface area contributed by atoms with Crippen LogP contribution < -0.4 is 5.32 Å². The average molecular weight is 349 g/mol. The molecule has 1 N–H and O–H groups in total. The lowest BCUT2D eigenvalue weighted by atomic mass is 9.84. The number of hydrogen-bond donors (Lipinski definition) is 1. The second kappa shape index (κ2) is 5.37. The van der Waals surface area contributed by atoms with Gasteiger partial charge in [0.25, 0.3) is 0 Å².